The van der Waals surface area contributed by atoms with E-state index in [1.54, 1.807) is 19.1 Å². The molecule has 0 saturated carbocycles. The second-order valence-corrected chi connectivity index (χ2v) is 5.46. The second kappa shape index (κ2) is 7.68. The van der Waals surface area contributed by atoms with Crippen molar-refractivity contribution >= 4 is 22.9 Å². The number of carbonyl (C=O) groups excluding carboxylic acids is 2. The van der Waals surface area contributed by atoms with Crippen LogP contribution >= 0.6 is 0 Å². The number of esters is 1. The molecule has 2 rings (SSSR count). The van der Waals surface area contributed by atoms with Crippen LogP contribution in [-0.2, 0) is 9.53 Å². The average molecular weight is 323 g/mol. The lowest BCUT2D eigenvalue weighted by Crippen LogP contribution is -2.09. The van der Waals surface area contributed by atoms with Gasteiger partial charge in [-0.05, 0) is 31.1 Å². The van der Waals surface area contributed by atoms with Gasteiger partial charge >= 0.3 is 5.97 Å². The van der Waals surface area contributed by atoms with Crippen molar-refractivity contribution in [1.29, 1.82) is 0 Å². The summed E-state index contributed by atoms with van der Waals surface area (Å²) >= 11 is 0. The third kappa shape index (κ3) is 3.59. The second-order valence-electron chi connectivity index (χ2n) is 5.46. The van der Waals surface area contributed by atoms with Crippen LogP contribution in [0.5, 0.6) is 0 Å². The van der Waals surface area contributed by atoms with E-state index in [2.05, 4.69) is 4.98 Å². The number of allylic oxidation sites excluding steroid dienone is 2. The standard InChI is InChI=1S/C20H21NO3/c1-5-18(22)19(13(2)15-9-7-6-8-10-15)16-11-12-17(20(23)24-4)21-14(16)3/h6-12H,5H2,1-4H3/b19-13+. The maximum atomic E-state index is 12.6. The zero-order chi connectivity index (χ0) is 17.7. The summed E-state index contributed by atoms with van der Waals surface area (Å²) in [6.07, 6.45) is 0.400. The zero-order valence-corrected chi connectivity index (χ0v) is 14.4. The van der Waals surface area contributed by atoms with Gasteiger partial charge in [0.15, 0.2) is 5.78 Å². The summed E-state index contributed by atoms with van der Waals surface area (Å²) < 4.78 is 4.70. The number of aryl methyl sites for hydroxylation is 1. The van der Waals surface area contributed by atoms with Gasteiger partial charge in [-0.25, -0.2) is 9.78 Å². The van der Waals surface area contributed by atoms with Crippen LogP contribution in [0.15, 0.2) is 42.5 Å². The molecule has 2 aromatic rings. The molecule has 0 aliphatic carbocycles. The number of pyridine rings is 1. The highest BCUT2D eigenvalue weighted by molar-refractivity contribution is 6.27. The number of methoxy groups -OCH3 is 1. The van der Waals surface area contributed by atoms with E-state index in [1.165, 1.54) is 7.11 Å². The van der Waals surface area contributed by atoms with Crippen LogP contribution in [0.2, 0.25) is 0 Å². The van der Waals surface area contributed by atoms with Crippen LogP contribution < -0.4 is 0 Å². The Kier molecular flexibility index (Phi) is 5.64. The largest absolute Gasteiger partial charge is 0.464 e. The van der Waals surface area contributed by atoms with Crippen molar-refractivity contribution < 1.29 is 14.3 Å². The molecule has 0 spiro atoms. The number of ketones is 1. The molecule has 0 saturated heterocycles. The van der Waals surface area contributed by atoms with Gasteiger partial charge in [-0.1, -0.05) is 43.3 Å². The molecule has 1 aromatic carbocycles. The van der Waals surface area contributed by atoms with E-state index in [-0.39, 0.29) is 11.5 Å². The van der Waals surface area contributed by atoms with Crippen molar-refractivity contribution in [3.05, 3.63) is 65.0 Å². The SMILES string of the molecule is CCC(=O)/C(=C(\C)c1ccccc1)c1ccc(C(=O)OC)nc1C. The van der Waals surface area contributed by atoms with Crippen LogP contribution in [0.25, 0.3) is 11.1 Å². The van der Waals surface area contributed by atoms with Crippen LogP contribution in [0, 0.1) is 6.92 Å². The van der Waals surface area contributed by atoms with Gasteiger partial charge in [-0.2, -0.15) is 0 Å². The molecular formula is C20H21NO3. The number of benzene rings is 1. The van der Waals surface area contributed by atoms with Gasteiger partial charge in [-0.3, -0.25) is 4.79 Å². The lowest BCUT2D eigenvalue weighted by Gasteiger charge is -2.14. The van der Waals surface area contributed by atoms with Crippen LogP contribution in [-0.4, -0.2) is 23.8 Å². The Bertz CT molecular complexity index is 792. The molecule has 0 aliphatic heterocycles. The molecule has 0 atom stereocenters. The van der Waals surface area contributed by atoms with Crippen molar-refractivity contribution in [2.45, 2.75) is 27.2 Å². The predicted molar refractivity (Wildman–Crippen MR) is 94.5 cm³/mol. The van der Waals surface area contributed by atoms with Crippen LogP contribution in [0.4, 0.5) is 0 Å². The van der Waals surface area contributed by atoms with Crippen LogP contribution in [0.3, 0.4) is 0 Å². The normalized spacial score (nSPS) is 11.7. The summed E-state index contributed by atoms with van der Waals surface area (Å²) in [5, 5.41) is 0. The van der Waals surface area contributed by atoms with E-state index >= 15 is 0 Å². The first-order valence-corrected chi connectivity index (χ1v) is 7.85. The number of hydrogen-bond donors (Lipinski definition) is 0. The molecule has 4 nitrogen and oxygen atoms in total. The monoisotopic (exact) mass is 323 g/mol. The molecule has 24 heavy (non-hydrogen) atoms. The molecule has 4 heteroatoms. The smallest absolute Gasteiger partial charge is 0.356 e. The Morgan fingerprint density at radius 1 is 1.08 bits per heavy atom. The highest BCUT2D eigenvalue weighted by atomic mass is 16.5. The third-order valence-corrected chi connectivity index (χ3v) is 3.93. The molecule has 0 radical (unpaired) electrons. The van der Waals surface area contributed by atoms with Gasteiger partial charge in [0.05, 0.1) is 7.11 Å². The fourth-order valence-corrected chi connectivity index (χ4v) is 2.61. The van der Waals surface area contributed by atoms with E-state index in [1.807, 2.05) is 44.2 Å². The van der Waals surface area contributed by atoms with Crippen molar-refractivity contribution in [3.8, 4) is 0 Å². The quantitative estimate of drug-likeness (QED) is 0.614. The highest BCUT2D eigenvalue weighted by Gasteiger charge is 2.19. The summed E-state index contributed by atoms with van der Waals surface area (Å²) in [5.74, 6) is -0.441. The Morgan fingerprint density at radius 3 is 2.29 bits per heavy atom. The third-order valence-electron chi connectivity index (χ3n) is 3.93. The minimum absolute atomic E-state index is 0.0482. The van der Waals surface area contributed by atoms with E-state index in [0.717, 1.165) is 16.7 Å². The molecule has 0 unspecified atom stereocenters. The molecule has 0 N–H and O–H groups in total. The fourth-order valence-electron chi connectivity index (χ4n) is 2.61. The molecule has 124 valence electrons. The molecular weight excluding hydrogens is 302 g/mol. The predicted octanol–water partition coefficient (Wildman–Crippen LogP) is 4.09. The topological polar surface area (TPSA) is 56.3 Å². The number of ether oxygens (including phenoxy) is 1. The molecule has 1 heterocycles. The van der Waals surface area contributed by atoms with Gasteiger partial charge in [0.2, 0.25) is 0 Å². The Balaban J connectivity index is 2.62. The first kappa shape index (κ1) is 17.6. The van der Waals surface area contributed by atoms with E-state index in [4.69, 9.17) is 4.74 Å². The van der Waals surface area contributed by atoms with Crippen molar-refractivity contribution in [2.24, 2.45) is 0 Å². The van der Waals surface area contributed by atoms with Gasteiger partial charge in [0.1, 0.15) is 5.69 Å². The number of rotatable bonds is 5. The maximum absolute atomic E-state index is 12.6. The van der Waals surface area contributed by atoms with Crippen molar-refractivity contribution in [3.63, 3.8) is 0 Å². The molecule has 0 amide bonds. The number of Topliss-reactive ketones (excluding diaryl/α,β-unsaturated/α-hetero) is 1. The number of hydrogen-bond acceptors (Lipinski definition) is 4. The first-order chi connectivity index (χ1) is 11.5. The Morgan fingerprint density at radius 2 is 1.75 bits per heavy atom. The molecule has 0 bridgehead atoms. The highest BCUT2D eigenvalue weighted by Crippen LogP contribution is 2.29. The summed E-state index contributed by atoms with van der Waals surface area (Å²) in [6.45, 7) is 5.57. The zero-order valence-electron chi connectivity index (χ0n) is 14.4. The average Bonchev–Trinajstić information content (AvgIpc) is 2.62. The fraction of sp³-hybridized carbons (Fsp3) is 0.250. The summed E-state index contributed by atoms with van der Waals surface area (Å²) in [6, 6.07) is 13.1. The lowest BCUT2D eigenvalue weighted by atomic mass is 9.91. The Hall–Kier alpha value is -2.75. The van der Waals surface area contributed by atoms with Crippen molar-refractivity contribution in [2.75, 3.05) is 7.11 Å². The van der Waals surface area contributed by atoms with E-state index in [9.17, 15) is 9.59 Å². The maximum Gasteiger partial charge on any atom is 0.356 e. The number of nitrogens with zero attached hydrogens (tertiary/aromatic N) is 1. The van der Waals surface area contributed by atoms with E-state index in [0.29, 0.717) is 17.7 Å². The van der Waals surface area contributed by atoms with Gasteiger partial charge in [-0.15, -0.1) is 0 Å². The number of aromatic nitrogens is 1. The lowest BCUT2D eigenvalue weighted by molar-refractivity contribution is -0.113. The minimum atomic E-state index is -0.489. The number of carbonyl (C=O) groups is 2. The summed E-state index contributed by atoms with van der Waals surface area (Å²) in [4.78, 5) is 28.5. The summed E-state index contributed by atoms with van der Waals surface area (Å²) in [7, 11) is 1.32. The van der Waals surface area contributed by atoms with Gasteiger partial charge in [0, 0.05) is 23.3 Å². The van der Waals surface area contributed by atoms with Gasteiger partial charge in [0.25, 0.3) is 0 Å². The van der Waals surface area contributed by atoms with Crippen LogP contribution in [0.1, 0.15) is 47.6 Å². The molecule has 1 aromatic heterocycles. The summed E-state index contributed by atoms with van der Waals surface area (Å²) in [5.41, 5.74) is 4.15. The Labute approximate surface area is 142 Å². The minimum Gasteiger partial charge on any atom is -0.464 e. The van der Waals surface area contributed by atoms with E-state index < -0.39 is 5.97 Å². The first-order valence-electron chi connectivity index (χ1n) is 7.85. The molecule has 0 fully saturated rings. The molecule has 0 aliphatic rings. The van der Waals surface area contributed by atoms with Gasteiger partial charge < -0.3 is 4.74 Å². The van der Waals surface area contributed by atoms with Crippen molar-refractivity contribution in [1.82, 2.24) is 4.98 Å².